The summed E-state index contributed by atoms with van der Waals surface area (Å²) in [5.74, 6) is 2.23. The van der Waals surface area contributed by atoms with Gasteiger partial charge in [-0.25, -0.2) is 0 Å². The van der Waals surface area contributed by atoms with E-state index in [1.165, 1.54) is 0 Å². The Morgan fingerprint density at radius 3 is 2.56 bits per heavy atom. The highest BCUT2D eigenvalue weighted by Crippen LogP contribution is 2.40. The normalized spacial score (nSPS) is 13.1. The van der Waals surface area contributed by atoms with Crippen molar-refractivity contribution >= 4 is 11.6 Å². The lowest BCUT2D eigenvalue weighted by Gasteiger charge is -2.25. The topological polar surface area (TPSA) is 97.9 Å². The summed E-state index contributed by atoms with van der Waals surface area (Å²) < 4.78 is 17.3. The molecule has 0 unspecified atom stereocenters. The van der Waals surface area contributed by atoms with Gasteiger partial charge >= 0.3 is 0 Å². The molecule has 34 heavy (non-hydrogen) atoms. The van der Waals surface area contributed by atoms with E-state index >= 15 is 0 Å². The van der Waals surface area contributed by atoms with Crippen molar-refractivity contribution < 1.29 is 19.0 Å². The maximum Gasteiger partial charge on any atom is 0.182 e. The molecule has 0 spiro atoms. The molecular weight excluding hydrogens is 430 g/mol. The van der Waals surface area contributed by atoms with Gasteiger partial charge in [-0.15, -0.1) is 0 Å². The van der Waals surface area contributed by atoms with E-state index in [2.05, 4.69) is 20.8 Å². The first kappa shape index (κ1) is 25.6. The average molecular weight is 468 g/mol. The summed E-state index contributed by atoms with van der Waals surface area (Å²) in [6.07, 6.45) is 1.70. The van der Waals surface area contributed by atoms with E-state index in [1.807, 2.05) is 31.2 Å². The third-order valence-electron chi connectivity index (χ3n) is 5.90. The van der Waals surface area contributed by atoms with Gasteiger partial charge in [0.15, 0.2) is 17.3 Å². The van der Waals surface area contributed by atoms with Crippen LogP contribution in [0.5, 0.6) is 17.2 Å². The van der Waals surface area contributed by atoms with E-state index in [1.54, 1.807) is 18.1 Å². The summed E-state index contributed by atoms with van der Waals surface area (Å²) in [4.78, 5) is 15.2. The van der Waals surface area contributed by atoms with Crippen LogP contribution in [-0.4, -0.2) is 49.9 Å². The third-order valence-corrected chi connectivity index (χ3v) is 5.90. The molecule has 1 aliphatic rings. The predicted octanol–water partition coefficient (Wildman–Crippen LogP) is 4.53. The number of nitrogens with two attached hydrogens (primary N) is 1. The van der Waals surface area contributed by atoms with Gasteiger partial charge in [-0.2, -0.15) is 0 Å². The summed E-state index contributed by atoms with van der Waals surface area (Å²) in [6, 6.07) is 9.42. The zero-order valence-corrected chi connectivity index (χ0v) is 21.0. The molecule has 0 aliphatic carbocycles. The molecule has 0 bridgehead atoms. The Kier molecular flexibility index (Phi) is 8.20. The van der Waals surface area contributed by atoms with E-state index in [0.29, 0.717) is 49.2 Å². The molecule has 3 N–H and O–H groups in total. The fourth-order valence-corrected chi connectivity index (χ4v) is 4.09. The largest absolute Gasteiger partial charge is 0.494 e. The van der Waals surface area contributed by atoms with Crippen molar-refractivity contribution in [1.82, 2.24) is 4.90 Å². The van der Waals surface area contributed by atoms with Crippen molar-refractivity contribution in [2.24, 2.45) is 5.73 Å². The molecule has 2 aromatic carbocycles. The van der Waals surface area contributed by atoms with Crippen molar-refractivity contribution in [3.8, 4) is 17.2 Å². The minimum Gasteiger partial charge on any atom is -0.494 e. The lowest BCUT2D eigenvalue weighted by Crippen LogP contribution is -2.30. The van der Waals surface area contributed by atoms with Gasteiger partial charge in [0.25, 0.3) is 0 Å². The molecular formula is C27H37N3O4. The number of methoxy groups -OCH3 is 1. The van der Waals surface area contributed by atoms with Crippen LogP contribution in [0.2, 0.25) is 0 Å². The van der Waals surface area contributed by atoms with Crippen LogP contribution in [0.3, 0.4) is 0 Å². The minimum absolute atomic E-state index is 0.0671. The summed E-state index contributed by atoms with van der Waals surface area (Å²) in [7, 11) is 1.62. The molecule has 7 heteroatoms. The van der Waals surface area contributed by atoms with Crippen LogP contribution >= 0.6 is 0 Å². The lowest BCUT2D eigenvalue weighted by atomic mass is 9.84. The van der Waals surface area contributed by atoms with Crippen molar-refractivity contribution in [1.29, 1.82) is 5.41 Å². The van der Waals surface area contributed by atoms with E-state index in [-0.39, 0.29) is 17.7 Å². The molecule has 0 saturated carbocycles. The highest BCUT2D eigenvalue weighted by atomic mass is 16.5. The van der Waals surface area contributed by atoms with Crippen LogP contribution < -0.4 is 19.9 Å². The standard InChI is InChI=1S/C27H37N3O4/c1-6-33-20-10-9-18-16-30(26(29)21(18)15-20)17-23(31)19-13-22(27(2,3)4)25(32-5)24(14-19)34-12-8-7-11-28/h9-10,13-15,29H,6-8,11-12,16-17,28H2,1-5H3. The number of ketones is 1. The maximum absolute atomic E-state index is 13.4. The number of hydrogen-bond donors (Lipinski definition) is 2. The summed E-state index contributed by atoms with van der Waals surface area (Å²) >= 11 is 0. The van der Waals surface area contributed by atoms with Gasteiger partial charge in [-0.3, -0.25) is 10.2 Å². The molecule has 0 amide bonds. The number of hydrogen-bond acceptors (Lipinski definition) is 6. The number of nitrogens with one attached hydrogen (secondary N) is 1. The summed E-state index contributed by atoms with van der Waals surface area (Å²) in [5, 5.41) is 8.61. The first-order chi connectivity index (χ1) is 16.2. The van der Waals surface area contributed by atoms with Crippen LogP contribution in [0.1, 0.15) is 67.6 Å². The number of carbonyl (C=O) groups is 1. The fraction of sp³-hybridized carbons (Fsp3) is 0.481. The average Bonchev–Trinajstić information content (AvgIpc) is 3.10. The Morgan fingerprint density at radius 1 is 1.15 bits per heavy atom. The molecule has 0 aromatic heterocycles. The minimum atomic E-state index is -0.247. The van der Waals surface area contributed by atoms with E-state index in [4.69, 9.17) is 25.4 Å². The Balaban J connectivity index is 1.85. The number of benzene rings is 2. The molecule has 0 fully saturated rings. The van der Waals surface area contributed by atoms with Crippen molar-refractivity contribution in [3.63, 3.8) is 0 Å². The molecule has 1 aliphatic heterocycles. The van der Waals surface area contributed by atoms with Crippen molar-refractivity contribution in [2.75, 3.05) is 33.4 Å². The summed E-state index contributed by atoms with van der Waals surface area (Å²) in [5.41, 5.74) is 8.66. The predicted molar refractivity (Wildman–Crippen MR) is 135 cm³/mol. The van der Waals surface area contributed by atoms with Gasteiger partial charge in [0.05, 0.1) is 26.9 Å². The van der Waals surface area contributed by atoms with Crippen LogP contribution in [-0.2, 0) is 12.0 Å². The smallest absolute Gasteiger partial charge is 0.182 e. The SMILES string of the molecule is CCOc1ccc2c(c1)C(=N)N(CC(=O)c1cc(OCCCCN)c(OC)c(C(C)(C)C)c1)C2. The number of ether oxygens (including phenoxy) is 3. The van der Waals surface area contributed by atoms with Gasteiger partial charge < -0.3 is 24.8 Å². The maximum atomic E-state index is 13.4. The fourth-order valence-electron chi connectivity index (χ4n) is 4.09. The zero-order chi connectivity index (χ0) is 24.9. The second-order valence-electron chi connectivity index (χ2n) is 9.53. The number of amidine groups is 1. The second kappa shape index (κ2) is 10.9. The van der Waals surface area contributed by atoms with Crippen LogP contribution in [0, 0.1) is 5.41 Å². The van der Waals surface area contributed by atoms with Crippen molar-refractivity contribution in [2.45, 2.75) is 52.5 Å². The zero-order valence-electron chi connectivity index (χ0n) is 21.0. The number of carbonyl (C=O) groups excluding carboxylic acids is 1. The molecule has 0 atom stereocenters. The number of unbranched alkanes of at least 4 members (excludes halogenated alkanes) is 1. The molecule has 0 saturated heterocycles. The summed E-state index contributed by atoms with van der Waals surface area (Å²) in [6.45, 7) is 10.5. The number of Topliss-reactive ketones (excluding diaryl/α,β-unsaturated/α-hetero) is 1. The van der Waals surface area contributed by atoms with Crippen LogP contribution in [0.15, 0.2) is 30.3 Å². The highest BCUT2D eigenvalue weighted by Gasteiger charge is 2.29. The number of fused-ring (bicyclic) bond motifs is 1. The van der Waals surface area contributed by atoms with E-state index in [9.17, 15) is 4.79 Å². The Morgan fingerprint density at radius 2 is 1.91 bits per heavy atom. The molecule has 2 aromatic rings. The molecule has 1 heterocycles. The Labute approximate surface area is 202 Å². The van der Waals surface area contributed by atoms with Gasteiger partial charge in [0.1, 0.15) is 11.6 Å². The highest BCUT2D eigenvalue weighted by molar-refractivity contribution is 6.05. The molecule has 184 valence electrons. The number of rotatable bonds is 11. The van der Waals surface area contributed by atoms with Gasteiger partial charge in [-0.05, 0) is 61.6 Å². The van der Waals surface area contributed by atoms with Gasteiger partial charge in [-0.1, -0.05) is 26.8 Å². The monoisotopic (exact) mass is 467 g/mol. The molecule has 3 rings (SSSR count). The van der Waals surface area contributed by atoms with Gasteiger partial charge in [0, 0.05) is 23.2 Å². The third kappa shape index (κ3) is 5.70. The van der Waals surface area contributed by atoms with Crippen LogP contribution in [0.4, 0.5) is 0 Å². The van der Waals surface area contributed by atoms with Crippen molar-refractivity contribution in [3.05, 3.63) is 52.6 Å². The lowest BCUT2D eigenvalue weighted by molar-refractivity contribution is 0.0962. The molecule has 7 nitrogen and oxygen atoms in total. The first-order valence-corrected chi connectivity index (χ1v) is 11.9. The van der Waals surface area contributed by atoms with E-state index in [0.717, 1.165) is 35.3 Å². The first-order valence-electron chi connectivity index (χ1n) is 11.9. The van der Waals surface area contributed by atoms with Crippen LogP contribution in [0.25, 0.3) is 0 Å². The Bertz CT molecular complexity index is 1040. The number of nitrogens with zero attached hydrogens (tertiary/aromatic N) is 1. The molecule has 0 radical (unpaired) electrons. The quantitative estimate of drug-likeness (QED) is 0.372. The van der Waals surface area contributed by atoms with Gasteiger partial charge in [0.2, 0.25) is 0 Å². The second-order valence-corrected chi connectivity index (χ2v) is 9.53. The Hall–Kier alpha value is -3.06. The van der Waals surface area contributed by atoms with E-state index < -0.39 is 0 Å².